The lowest BCUT2D eigenvalue weighted by atomic mass is 10.1. The number of hydrogen-bond acceptors (Lipinski definition) is 6. The highest BCUT2D eigenvalue weighted by Gasteiger charge is 2.20. The van der Waals surface area contributed by atoms with Crippen LogP contribution in [-0.4, -0.2) is 37.2 Å². The number of hydrogen-bond donors (Lipinski definition) is 0. The molecule has 0 aromatic rings. The van der Waals surface area contributed by atoms with Crippen LogP contribution in [0.25, 0.3) is 0 Å². The molecule has 6 nitrogen and oxygen atoms in total. The fourth-order valence-corrected chi connectivity index (χ4v) is 0.667. The average Bonchev–Trinajstić information content (AvgIpc) is 2.15. The van der Waals surface area contributed by atoms with Gasteiger partial charge in [0.2, 0.25) is 6.29 Å². The Bertz CT molecular complexity index is 270. The first-order chi connectivity index (χ1) is 6.97. The van der Waals surface area contributed by atoms with Gasteiger partial charge in [0.1, 0.15) is 12.5 Å². The summed E-state index contributed by atoms with van der Waals surface area (Å²) < 4.78 is 8.85. The second-order valence-electron chi connectivity index (χ2n) is 2.72. The Labute approximate surface area is 86.5 Å². The van der Waals surface area contributed by atoms with Gasteiger partial charge in [-0.3, -0.25) is 19.2 Å². The Morgan fingerprint density at radius 3 is 2.07 bits per heavy atom. The third kappa shape index (κ3) is 6.36. The minimum absolute atomic E-state index is 0.376. The van der Waals surface area contributed by atoms with Crippen molar-refractivity contribution in [3.63, 3.8) is 0 Å². The summed E-state index contributed by atoms with van der Waals surface area (Å²) >= 11 is 0. The number of ether oxygens (including phenoxy) is 2. The maximum atomic E-state index is 11.2. The third-order valence-electron chi connectivity index (χ3n) is 1.40. The third-order valence-corrected chi connectivity index (χ3v) is 1.40. The van der Waals surface area contributed by atoms with E-state index in [1.165, 1.54) is 6.29 Å². The summed E-state index contributed by atoms with van der Waals surface area (Å²) in [6.45, 7) is 1.40. The fraction of sp³-hybridized carbons (Fsp3) is 0.556. The Morgan fingerprint density at radius 1 is 1.13 bits per heavy atom. The first-order valence-corrected chi connectivity index (χ1v) is 4.14. The van der Waals surface area contributed by atoms with E-state index in [-0.39, 0.29) is 6.61 Å². The van der Waals surface area contributed by atoms with Crippen LogP contribution < -0.4 is 0 Å². The van der Waals surface area contributed by atoms with Gasteiger partial charge < -0.3 is 9.47 Å². The molecular weight excluding hydrogens is 204 g/mol. The van der Waals surface area contributed by atoms with E-state index < -0.39 is 30.2 Å². The molecule has 6 heteroatoms. The zero-order chi connectivity index (χ0) is 11.8. The summed E-state index contributed by atoms with van der Waals surface area (Å²) in [4.78, 5) is 42.3. The van der Waals surface area contributed by atoms with Crippen molar-refractivity contribution in [2.24, 2.45) is 5.92 Å². The molecule has 1 unspecified atom stereocenters. The van der Waals surface area contributed by atoms with Crippen molar-refractivity contribution < 1.29 is 28.7 Å². The summed E-state index contributed by atoms with van der Waals surface area (Å²) in [5.74, 6) is -3.08. The first-order valence-electron chi connectivity index (χ1n) is 4.14. The Kier molecular flexibility index (Phi) is 5.92. The van der Waals surface area contributed by atoms with Gasteiger partial charge in [-0.25, -0.2) is 0 Å². The van der Waals surface area contributed by atoms with Crippen molar-refractivity contribution in [2.45, 2.75) is 13.8 Å². The van der Waals surface area contributed by atoms with Crippen LogP contribution in [-0.2, 0) is 28.7 Å². The highest BCUT2D eigenvalue weighted by atomic mass is 16.5. The van der Waals surface area contributed by atoms with Crippen molar-refractivity contribution in [1.29, 1.82) is 0 Å². The Hall–Kier alpha value is -1.72. The van der Waals surface area contributed by atoms with Crippen LogP contribution in [0.3, 0.4) is 0 Å². The molecule has 0 N–H and O–H groups in total. The smallest absolute Gasteiger partial charge is 0.303 e. The monoisotopic (exact) mass is 215 g/mol. The van der Waals surface area contributed by atoms with Crippen molar-refractivity contribution >= 4 is 24.0 Å². The Morgan fingerprint density at radius 2 is 1.67 bits per heavy atom. The van der Waals surface area contributed by atoms with E-state index in [0.717, 1.165) is 13.8 Å². The number of ketones is 1. The molecule has 0 spiro atoms. The van der Waals surface area contributed by atoms with Gasteiger partial charge >= 0.3 is 11.9 Å². The zero-order valence-corrected chi connectivity index (χ0v) is 8.44. The number of rotatable bonds is 6. The normalized spacial score (nSPS) is 11.3. The largest absolute Gasteiger partial charge is 0.465 e. The van der Waals surface area contributed by atoms with E-state index in [1.54, 1.807) is 0 Å². The van der Waals surface area contributed by atoms with Gasteiger partial charge in [0.15, 0.2) is 12.4 Å². The van der Waals surface area contributed by atoms with E-state index in [4.69, 9.17) is 0 Å². The van der Waals surface area contributed by atoms with Crippen molar-refractivity contribution in [2.75, 3.05) is 13.2 Å². The van der Waals surface area contributed by atoms with Crippen LogP contribution in [0, 0.1) is 5.92 Å². The van der Waals surface area contributed by atoms with E-state index in [9.17, 15) is 19.2 Å². The predicted molar refractivity (Wildman–Crippen MR) is 47.5 cm³/mol. The number of carbonyl (C=O) groups is 3. The molecule has 0 aromatic heterocycles. The molecule has 15 heavy (non-hydrogen) atoms. The highest BCUT2D eigenvalue weighted by molar-refractivity contribution is 5.95. The van der Waals surface area contributed by atoms with Crippen LogP contribution in [0.5, 0.6) is 0 Å². The van der Waals surface area contributed by atoms with Crippen molar-refractivity contribution in [3.8, 4) is 0 Å². The Balaban J connectivity index is 4.04. The first kappa shape index (κ1) is 13.3. The molecule has 0 aromatic carbocycles. The summed E-state index contributed by atoms with van der Waals surface area (Å²) in [5.41, 5.74) is 0. The van der Waals surface area contributed by atoms with E-state index in [1.807, 2.05) is 0 Å². The molecule has 83 valence electrons. The van der Waals surface area contributed by atoms with Gasteiger partial charge in [-0.15, -0.1) is 0 Å². The molecule has 0 saturated heterocycles. The van der Waals surface area contributed by atoms with Crippen LogP contribution >= 0.6 is 0 Å². The predicted octanol–water partition coefficient (Wildman–Crippen LogP) is -0.592. The average molecular weight is 215 g/mol. The number of Topliss-reactive ketones (excluding diaryl/α,β-unsaturated/α-hetero) is 1. The molecule has 0 aliphatic heterocycles. The van der Waals surface area contributed by atoms with Gasteiger partial charge in [-0.2, -0.15) is 0 Å². The SMILES string of the molecule is CC(=O)OCC(=O)C([C]=O)COC(C)=O. The standard InChI is InChI=1S/C9H11O6/c1-6(11)14-4-8(3-10)9(13)5-15-7(2)12/h8H,4-5H2,1-2H3. The lowest BCUT2D eigenvalue weighted by molar-refractivity contribution is -0.148. The minimum atomic E-state index is -1.20. The molecule has 0 aliphatic carbocycles. The lowest BCUT2D eigenvalue weighted by Crippen LogP contribution is -2.27. The van der Waals surface area contributed by atoms with Crippen molar-refractivity contribution in [1.82, 2.24) is 0 Å². The second kappa shape index (κ2) is 6.69. The van der Waals surface area contributed by atoms with Gasteiger partial charge in [-0.05, 0) is 0 Å². The molecule has 0 aliphatic rings. The molecule has 0 fully saturated rings. The topological polar surface area (TPSA) is 86.7 Å². The fourth-order valence-electron chi connectivity index (χ4n) is 0.667. The van der Waals surface area contributed by atoms with Crippen LogP contribution in [0.4, 0.5) is 0 Å². The maximum Gasteiger partial charge on any atom is 0.303 e. The molecule has 0 bridgehead atoms. The lowest BCUT2D eigenvalue weighted by Gasteiger charge is -2.08. The zero-order valence-electron chi connectivity index (χ0n) is 8.44. The van der Waals surface area contributed by atoms with Gasteiger partial charge in [0.05, 0.1) is 0 Å². The molecular formula is C9H11O6. The summed E-state index contributed by atoms with van der Waals surface area (Å²) in [6, 6.07) is 0. The minimum Gasteiger partial charge on any atom is -0.465 e. The van der Waals surface area contributed by atoms with Gasteiger partial charge in [-0.1, -0.05) is 0 Å². The van der Waals surface area contributed by atoms with Gasteiger partial charge in [0.25, 0.3) is 0 Å². The van der Waals surface area contributed by atoms with Gasteiger partial charge in [0, 0.05) is 13.8 Å². The maximum absolute atomic E-state index is 11.2. The molecule has 0 saturated carbocycles. The molecule has 1 radical (unpaired) electrons. The van der Waals surface area contributed by atoms with Crippen LogP contribution in [0.1, 0.15) is 13.8 Å². The number of carbonyl (C=O) groups excluding carboxylic acids is 4. The van der Waals surface area contributed by atoms with E-state index >= 15 is 0 Å². The summed E-state index contributed by atoms with van der Waals surface area (Å²) in [6.07, 6.45) is 1.41. The van der Waals surface area contributed by atoms with Crippen LogP contribution in [0.2, 0.25) is 0 Å². The molecule has 0 heterocycles. The summed E-state index contributed by atoms with van der Waals surface area (Å²) in [5, 5.41) is 0. The molecule has 0 amide bonds. The highest BCUT2D eigenvalue weighted by Crippen LogP contribution is 1.97. The quantitative estimate of drug-likeness (QED) is 0.434. The summed E-state index contributed by atoms with van der Waals surface area (Å²) in [7, 11) is 0. The van der Waals surface area contributed by atoms with Crippen LogP contribution in [0.15, 0.2) is 0 Å². The second-order valence-corrected chi connectivity index (χ2v) is 2.72. The van der Waals surface area contributed by atoms with Crippen molar-refractivity contribution in [3.05, 3.63) is 0 Å². The molecule has 1 atom stereocenters. The number of esters is 2. The van der Waals surface area contributed by atoms with E-state index in [2.05, 4.69) is 9.47 Å². The molecule has 0 rings (SSSR count). The van der Waals surface area contributed by atoms with E-state index in [0.29, 0.717) is 0 Å².